The average Bonchev–Trinajstić information content (AvgIpc) is 3.54. The number of hydrogen-bond acceptors (Lipinski definition) is 8. The van der Waals surface area contributed by atoms with Crippen LogP contribution in [0.4, 0.5) is 4.79 Å². The highest BCUT2D eigenvalue weighted by Crippen LogP contribution is 2.91. The molecule has 15 atom stereocenters. The zero-order valence-corrected chi connectivity index (χ0v) is 35.6. The van der Waals surface area contributed by atoms with Gasteiger partial charge >= 0.3 is 6.09 Å². The molecule has 1 N–H and O–H groups in total. The minimum Gasteiger partial charge on any atom is -0.443 e. The fraction of sp³-hybridized carbons (Fsp3) is 0.978. The van der Waals surface area contributed by atoms with Crippen molar-refractivity contribution in [3.05, 3.63) is 0 Å². The van der Waals surface area contributed by atoms with E-state index in [1.54, 1.807) is 0 Å². The van der Waals surface area contributed by atoms with Crippen LogP contribution in [0.1, 0.15) is 126 Å². The summed E-state index contributed by atoms with van der Waals surface area (Å²) in [7, 11) is 0. The number of likely N-dealkylation sites (tertiary alicyclic amines) is 2. The minimum atomic E-state index is -0.522. The number of ether oxygens (including phenoxy) is 4. The molecule has 0 bridgehead atoms. The topological polar surface area (TPSA) is 83.9 Å². The molecule has 0 aromatic rings. The first-order valence-corrected chi connectivity index (χ1v) is 23.2. The minimum absolute atomic E-state index is 0.00470. The highest BCUT2D eigenvalue weighted by molar-refractivity contribution is 5.68. The molecule has 10 aliphatic rings. The third-order valence-electron chi connectivity index (χ3n) is 20.2. The fourth-order valence-corrected chi connectivity index (χ4v) is 16.8. The molecule has 10 fully saturated rings. The van der Waals surface area contributed by atoms with Crippen LogP contribution in [0.25, 0.3) is 0 Å². The summed E-state index contributed by atoms with van der Waals surface area (Å²) in [6.45, 7) is 26.2. The van der Waals surface area contributed by atoms with Crippen LogP contribution in [-0.2, 0) is 18.9 Å². The Labute approximate surface area is 332 Å². The van der Waals surface area contributed by atoms with Gasteiger partial charge in [-0.05, 0) is 121 Å². The van der Waals surface area contributed by atoms with Crippen molar-refractivity contribution in [2.24, 2.45) is 62.6 Å². The van der Waals surface area contributed by atoms with Crippen molar-refractivity contribution in [2.75, 3.05) is 45.9 Å². The van der Waals surface area contributed by atoms with E-state index in [4.69, 9.17) is 18.9 Å². The van der Waals surface area contributed by atoms with Gasteiger partial charge in [-0.25, -0.2) is 4.79 Å². The van der Waals surface area contributed by atoms with Gasteiger partial charge in [0, 0.05) is 56.8 Å². The smallest absolute Gasteiger partial charge is 0.410 e. The number of carbonyl (C=O) groups is 1. The average molecular weight is 766 g/mol. The molecule has 3 unspecified atom stereocenters. The predicted octanol–water partition coefficient (Wildman–Crippen LogP) is 7.19. The van der Waals surface area contributed by atoms with Crippen molar-refractivity contribution in [1.82, 2.24) is 14.7 Å². The molecule has 0 aromatic carbocycles. The van der Waals surface area contributed by atoms with Gasteiger partial charge in [-0.1, -0.05) is 61.8 Å². The van der Waals surface area contributed by atoms with Crippen molar-refractivity contribution < 1.29 is 28.8 Å². The third kappa shape index (κ3) is 5.07. The summed E-state index contributed by atoms with van der Waals surface area (Å²) < 4.78 is 26.8. The van der Waals surface area contributed by atoms with E-state index in [1.807, 2.05) is 4.90 Å². The first kappa shape index (κ1) is 38.2. The molecule has 4 heterocycles. The summed E-state index contributed by atoms with van der Waals surface area (Å²) >= 11 is 0. The van der Waals surface area contributed by atoms with Gasteiger partial charge in [-0.2, -0.15) is 0 Å². The van der Waals surface area contributed by atoms with Gasteiger partial charge in [0.15, 0.2) is 6.29 Å². The lowest BCUT2D eigenvalue weighted by Crippen LogP contribution is -2.66. The van der Waals surface area contributed by atoms with Crippen molar-refractivity contribution in [2.45, 2.75) is 175 Å². The van der Waals surface area contributed by atoms with Gasteiger partial charge < -0.3 is 29.0 Å². The molecular formula is C46H75N3O6. The molecular weight excluding hydrogens is 691 g/mol. The van der Waals surface area contributed by atoms with Crippen LogP contribution in [0.2, 0.25) is 0 Å². The SMILES string of the molecule is CC(C)[C@@H](OC(=O)N1CCC1)C1C[C@@H](C)[C@H]2C(O1)[C@H](O)[C@@]1(C)C3CC[C@H]4C(C)(C)[C@@H](O[C@H]5CN(C6CN(C7CCC7)C6)CCO5)CC[C@@]45[C@@H](C)[C@@]35CC[C@]21C. The van der Waals surface area contributed by atoms with Gasteiger partial charge in [-0.15, -0.1) is 0 Å². The second kappa shape index (κ2) is 13.0. The highest BCUT2D eigenvalue weighted by atomic mass is 16.7. The molecule has 4 aliphatic heterocycles. The standard InChI is InChI=1S/C46H75N3O6/c1-27(2)38(55-41(51)47-19-10-20-47)32-23-28(3)37-39(53-32)40(50)44(8)34-14-13-33-42(5,6)35(15-16-45(33)29(4)46(34,45)18-17-43(37,44)7)54-36-26-48(21-22-52-36)31-24-49(25-31)30-11-9-12-30/h27-40,50H,9-26H2,1-8H3/t28-,29-,32?,33+,34?,35+,36+,37+,38-,39?,40+,43-,44-,45-,46+/m1/s1. The highest BCUT2D eigenvalue weighted by Gasteiger charge is 2.88. The Balaban J connectivity index is 0.853. The Hall–Kier alpha value is -0.970. The second-order valence-corrected chi connectivity index (χ2v) is 22.4. The monoisotopic (exact) mass is 766 g/mol. The molecule has 9 heteroatoms. The van der Waals surface area contributed by atoms with Gasteiger partial charge in [-0.3, -0.25) is 9.80 Å². The quantitative estimate of drug-likeness (QED) is 0.292. The Bertz CT molecular complexity index is 1500. The largest absolute Gasteiger partial charge is 0.443 e. The van der Waals surface area contributed by atoms with Crippen LogP contribution in [0.5, 0.6) is 0 Å². The van der Waals surface area contributed by atoms with E-state index >= 15 is 0 Å². The van der Waals surface area contributed by atoms with Crippen LogP contribution < -0.4 is 0 Å². The van der Waals surface area contributed by atoms with E-state index in [0.717, 1.165) is 58.1 Å². The van der Waals surface area contributed by atoms with Crippen LogP contribution >= 0.6 is 0 Å². The second-order valence-electron chi connectivity index (χ2n) is 22.4. The lowest BCUT2D eigenvalue weighted by atomic mass is 9.41. The normalized spacial score (nSPS) is 51.3. The number of hydrogen-bond donors (Lipinski definition) is 1. The number of nitrogens with zero attached hydrogens (tertiary/aromatic N) is 3. The molecule has 4 saturated heterocycles. The van der Waals surface area contributed by atoms with Gasteiger partial charge in [0.2, 0.25) is 0 Å². The molecule has 310 valence electrons. The van der Waals surface area contributed by atoms with Crippen molar-refractivity contribution in [3.63, 3.8) is 0 Å². The number of amides is 1. The lowest BCUT2D eigenvalue weighted by molar-refractivity contribution is -0.254. The predicted molar refractivity (Wildman–Crippen MR) is 211 cm³/mol. The van der Waals surface area contributed by atoms with Crippen LogP contribution in [0.3, 0.4) is 0 Å². The van der Waals surface area contributed by atoms with E-state index in [-0.39, 0.29) is 64.4 Å². The van der Waals surface area contributed by atoms with Crippen molar-refractivity contribution in [1.29, 1.82) is 0 Å². The zero-order valence-electron chi connectivity index (χ0n) is 35.6. The van der Waals surface area contributed by atoms with Crippen molar-refractivity contribution in [3.8, 4) is 0 Å². The van der Waals surface area contributed by atoms with E-state index in [9.17, 15) is 9.90 Å². The first-order valence-electron chi connectivity index (χ1n) is 23.2. The van der Waals surface area contributed by atoms with Gasteiger partial charge in [0.1, 0.15) is 6.10 Å². The number of fused-ring (bicyclic) bond motifs is 4. The summed E-state index contributed by atoms with van der Waals surface area (Å²) in [4.78, 5) is 20.2. The van der Waals surface area contributed by atoms with E-state index in [2.05, 4.69) is 65.2 Å². The molecule has 6 saturated carbocycles. The molecule has 9 nitrogen and oxygen atoms in total. The van der Waals surface area contributed by atoms with Crippen LogP contribution in [0.15, 0.2) is 0 Å². The summed E-state index contributed by atoms with van der Waals surface area (Å²) in [5, 5.41) is 12.9. The molecule has 10 rings (SSSR count). The fourth-order valence-electron chi connectivity index (χ4n) is 16.8. The Morgan fingerprint density at radius 1 is 0.836 bits per heavy atom. The lowest BCUT2D eigenvalue weighted by Gasteiger charge is -2.64. The Morgan fingerprint density at radius 2 is 1.56 bits per heavy atom. The van der Waals surface area contributed by atoms with E-state index in [0.29, 0.717) is 41.0 Å². The number of aliphatic hydroxyl groups is 1. The van der Waals surface area contributed by atoms with E-state index in [1.165, 1.54) is 64.5 Å². The number of rotatable bonds is 7. The molecule has 0 radical (unpaired) electrons. The molecule has 55 heavy (non-hydrogen) atoms. The number of carbonyl (C=O) groups excluding carboxylic acids is 1. The Kier molecular flexibility index (Phi) is 9.05. The summed E-state index contributed by atoms with van der Waals surface area (Å²) in [6.07, 6.45) is 12.0. The maximum Gasteiger partial charge on any atom is 0.410 e. The van der Waals surface area contributed by atoms with Gasteiger partial charge in [0.25, 0.3) is 0 Å². The van der Waals surface area contributed by atoms with Crippen LogP contribution in [-0.4, -0.2) is 121 Å². The summed E-state index contributed by atoms with van der Waals surface area (Å²) in [5.74, 6) is 2.60. The number of morpholine rings is 1. The number of aliphatic hydroxyl groups excluding tert-OH is 1. The first-order chi connectivity index (χ1) is 26.2. The van der Waals surface area contributed by atoms with E-state index < -0.39 is 6.10 Å². The molecule has 2 spiro atoms. The maximum atomic E-state index is 13.0. The summed E-state index contributed by atoms with van der Waals surface area (Å²) in [5.41, 5.74) is 0.436. The van der Waals surface area contributed by atoms with Crippen molar-refractivity contribution >= 4 is 6.09 Å². The molecule has 1 amide bonds. The van der Waals surface area contributed by atoms with Gasteiger partial charge in [0.05, 0.1) is 31.0 Å². The third-order valence-corrected chi connectivity index (χ3v) is 20.2. The molecule has 6 aliphatic carbocycles. The molecule has 0 aromatic heterocycles. The zero-order chi connectivity index (χ0) is 38.4. The maximum absolute atomic E-state index is 13.0. The van der Waals surface area contributed by atoms with Crippen LogP contribution in [0, 0.1) is 62.6 Å². The Morgan fingerprint density at radius 3 is 2.24 bits per heavy atom. The summed E-state index contributed by atoms with van der Waals surface area (Å²) in [6, 6.07) is 1.52.